The minimum absolute atomic E-state index is 0.232. The summed E-state index contributed by atoms with van der Waals surface area (Å²) in [5.41, 5.74) is 1.83. The Kier molecular flexibility index (Phi) is 3.73. The summed E-state index contributed by atoms with van der Waals surface area (Å²) in [5.74, 6) is 1.17. The zero-order valence-corrected chi connectivity index (χ0v) is 13.2. The largest absolute Gasteiger partial charge is 0.350 e. The Morgan fingerprint density at radius 3 is 2.30 bits per heavy atom. The first-order chi connectivity index (χ1) is 11.2. The van der Waals surface area contributed by atoms with Crippen LogP contribution in [0.1, 0.15) is 19.8 Å². The molecular weight excluding hydrogens is 291 g/mol. The molecule has 3 fully saturated rings. The van der Waals surface area contributed by atoms with Gasteiger partial charge in [0.15, 0.2) is 0 Å². The molecule has 0 spiro atoms. The molecule has 2 bridgehead atoms. The third-order valence-corrected chi connectivity index (χ3v) is 5.30. The number of rotatable bonds is 3. The number of halogens is 1. The van der Waals surface area contributed by atoms with Crippen LogP contribution < -0.4 is 5.32 Å². The number of hydrogen-bond acceptors (Lipinski definition) is 4. The highest BCUT2D eigenvalue weighted by Crippen LogP contribution is 2.33. The minimum atomic E-state index is -0.232. The normalized spacial score (nSPS) is 29.5. The quantitative estimate of drug-likeness (QED) is 0.945. The fraction of sp³-hybridized carbons (Fsp3) is 0.444. The maximum Gasteiger partial charge on any atom is 0.222 e. The van der Waals surface area contributed by atoms with E-state index < -0.39 is 0 Å². The van der Waals surface area contributed by atoms with Gasteiger partial charge < -0.3 is 5.32 Å². The van der Waals surface area contributed by atoms with Crippen LogP contribution in [-0.4, -0.2) is 40.0 Å². The average molecular weight is 312 g/mol. The predicted octanol–water partition coefficient (Wildman–Crippen LogP) is 3.18. The van der Waals surface area contributed by atoms with Gasteiger partial charge in [-0.05, 0) is 56.5 Å². The molecule has 5 heteroatoms. The fourth-order valence-electron chi connectivity index (χ4n) is 3.89. The molecule has 4 nitrogen and oxygen atoms in total. The van der Waals surface area contributed by atoms with Crippen LogP contribution in [0.3, 0.4) is 0 Å². The Balaban J connectivity index is 1.49. The molecule has 0 unspecified atom stereocenters. The molecule has 5 rings (SSSR count). The molecule has 0 radical (unpaired) electrons. The molecule has 23 heavy (non-hydrogen) atoms. The van der Waals surface area contributed by atoms with E-state index in [1.54, 1.807) is 24.5 Å². The molecule has 0 saturated carbocycles. The lowest BCUT2D eigenvalue weighted by molar-refractivity contribution is 0.0455. The Labute approximate surface area is 135 Å². The highest BCUT2D eigenvalue weighted by molar-refractivity contribution is 5.61. The zero-order chi connectivity index (χ0) is 15.8. The summed E-state index contributed by atoms with van der Waals surface area (Å²) >= 11 is 0. The van der Waals surface area contributed by atoms with Gasteiger partial charge in [0.1, 0.15) is 5.82 Å². The van der Waals surface area contributed by atoms with Gasteiger partial charge in [-0.3, -0.25) is 4.90 Å². The first-order valence-corrected chi connectivity index (χ1v) is 8.29. The van der Waals surface area contributed by atoms with Crippen molar-refractivity contribution in [3.05, 3.63) is 42.5 Å². The second kappa shape index (κ2) is 5.89. The van der Waals surface area contributed by atoms with Crippen molar-refractivity contribution in [2.75, 3.05) is 18.4 Å². The molecule has 3 saturated heterocycles. The summed E-state index contributed by atoms with van der Waals surface area (Å²) in [6.07, 6.45) is 6.12. The minimum Gasteiger partial charge on any atom is -0.350 e. The second-order valence-corrected chi connectivity index (χ2v) is 6.59. The van der Waals surface area contributed by atoms with Crippen molar-refractivity contribution in [1.29, 1.82) is 0 Å². The predicted molar refractivity (Wildman–Crippen MR) is 88.6 cm³/mol. The van der Waals surface area contributed by atoms with Crippen molar-refractivity contribution in [3.8, 4) is 11.1 Å². The third kappa shape index (κ3) is 2.81. The van der Waals surface area contributed by atoms with Crippen LogP contribution in [0.2, 0.25) is 0 Å². The Morgan fingerprint density at radius 1 is 1.04 bits per heavy atom. The third-order valence-electron chi connectivity index (χ3n) is 5.30. The summed E-state index contributed by atoms with van der Waals surface area (Å²) in [4.78, 5) is 11.5. The summed E-state index contributed by atoms with van der Waals surface area (Å²) in [6, 6.07) is 7.36. The molecule has 3 aliphatic heterocycles. The van der Waals surface area contributed by atoms with E-state index in [2.05, 4.69) is 27.1 Å². The lowest BCUT2D eigenvalue weighted by Gasteiger charge is -2.49. The van der Waals surface area contributed by atoms with Crippen molar-refractivity contribution in [2.45, 2.75) is 31.8 Å². The van der Waals surface area contributed by atoms with Gasteiger partial charge in [0.25, 0.3) is 0 Å². The van der Waals surface area contributed by atoms with Crippen LogP contribution in [-0.2, 0) is 0 Å². The number of aromatic nitrogens is 2. The van der Waals surface area contributed by atoms with Crippen molar-refractivity contribution in [3.63, 3.8) is 0 Å². The van der Waals surface area contributed by atoms with Gasteiger partial charge in [0, 0.05) is 30.0 Å². The van der Waals surface area contributed by atoms with E-state index in [0.29, 0.717) is 18.0 Å². The van der Waals surface area contributed by atoms with Crippen molar-refractivity contribution < 1.29 is 4.39 Å². The Bertz CT molecular complexity index is 660. The highest BCUT2D eigenvalue weighted by atomic mass is 19.1. The summed E-state index contributed by atoms with van der Waals surface area (Å²) < 4.78 is 13.0. The molecule has 0 amide bonds. The van der Waals surface area contributed by atoms with Crippen molar-refractivity contribution in [2.24, 2.45) is 5.92 Å². The van der Waals surface area contributed by atoms with E-state index in [1.807, 2.05) is 0 Å². The van der Waals surface area contributed by atoms with Gasteiger partial charge in [-0.2, -0.15) is 0 Å². The molecule has 4 heterocycles. The highest BCUT2D eigenvalue weighted by Gasteiger charge is 2.39. The van der Waals surface area contributed by atoms with E-state index in [-0.39, 0.29) is 5.82 Å². The van der Waals surface area contributed by atoms with Gasteiger partial charge in [0.2, 0.25) is 5.95 Å². The molecule has 2 aromatic rings. The molecule has 1 aromatic heterocycles. The Morgan fingerprint density at radius 2 is 1.70 bits per heavy atom. The first kappa shape index (κ1) is 14.6. The van der Waals surface area contributed by atoms with Crippen LogP contribution in [0.5, 0.6) is 0 Å². The summed E-state index contributed by atoms with van der Waals surface area (Å²) in [7, 11) is 0. The van der Waals surface area contributed by atoms with Gasteiger partial charge in [-0.25, -0.2) is 14.4 Å². The average Bonchev–Trinajstić information content (AvgIpc) is 2.60. The van der Waals surface area contributed by atoms with E-state index in [0.717, 1.165) is 17.0 Å². The zero-order valence-electron chi connectivity index (χ0n) is 13.2. The lowest BCUT2D eigenvalue weighted by Crippen LogP contribution is -2.59. The molecule has 2 atom stereocenters. The topological polar surface area (TPSA) is 41.1 Å². The van der Waals surface area contributed by atoms with Crippen LogP contribution in [0.25, 0.3) is 11.1 Å². The Hall–Kier alpha value is -2.01. The number of fused-ring (bicyclic) bond motifs is 3. The van der Waals surface area contributed by atoms with Crippen LogP contribution in [0, 0.1) is 11.7 Å². The molecule has 1 N–H and O–H groups in total. The molecule has 120 valence electrons. The van der Waals surface area contributed by atoms with Gasteiger partial charge in [-0.1, -0.05) is 12.1 Å². The molecule has 3 aliphatic rings. The SMILES string of the molecule is C[C@@H]1[C@H](Nc2ncc(-c3ccc(F)cc3)cn2)C2CCN1CC2. The van der Waals surface area contributed by atoms with Crippen molar-refractivity contribution >= 4 is 5.95 Å². The smallest absolute Gasteiger partial charge is 0.222 e. The van der Waals surface area contributed by atoms with Gasteiger partial charge in [0.05, 0.1) is 0 Å². The molecule has 0 aliphatic carbocycles. The fourth-order valence-corrected chi connectivity index (χ4v) is 3.89. The van der Waals surface area contributed by atoms with E-state index in [9.17, 15) is 4.39 Å². The van der Waals surface area contributed by atoms with E-state index in [1.165, 1.54) is 38.1 Å². The number of nitrogens with one attached hydrogen (secondary N) is 1. The van der Waals surface area contributed by atoms with E-state index >= 15 is 0 Å². The standard InChI is InChI=1S/C18H21FN4/c1-12-17(14-6-8-23(12)9-7-14)22-18-20-10-15(11-21-18)13-2-4-16(19)5-3-13/h2-5,10-12,14,17H,6-9H2,1H3,(H,20,21,22)/t12-,17+/m1/s1. The van der Waals surface area contributed by atoms with Crippen LogP contribution in [0.15, 0.2) is 36.7 Å². The number of anilines is 1. The molecular formula is C18H21FN4. The number of hydrogen-bond donors (Lipinski definition) is 1. The maximum absolute atomic E-state index is 13.0. The second-order valence-electron chi connectivity index (χ2n) is 6.59. The van der Waals surface area contributed by atoms with Gasteiger partial charge >= 0.3 is 0 Å². The summed E-state index contributed by atoms with van der Waals surface area (Å²) in [5, 5.41) is 3.53. The number of benzene rings is 1. The van der Waals surface area contributed by atoms with E-state index in [4.69, 9.17) is 0 Å². The first-order valence-electron chi connectivity index (χ1n) is 8.29. The monoisotopic (exact) mass is 312 g/mol. The number of nitrogens with zero attached hydrogens (tertiary/aromatic N) is 3. The van der Waals surface area contributed by atoms with Crippen LogP contribution in [0.4, 0.5) is 10.3 Å². The van der Waals surface area contributed by atoms with Crippen LogP contribution >= 0.6 is 0 Å². The summed E-state index contributed by atoms with van der Waals surface area (Å²) in [6.45, 7) is 4.72. The lowest BCUT2D eigenvalue weighted by atomic mass is 9.79. The number of piperidine rings is 3. The molecule has 1 aromatic carbocycles. The van der Waals surface area contributed by atoms with Crippen molar-refractivity contribution in [1.82, 2.24) is 14.9 Å². The van der Waals surface area contributed by atoms with Gasteiger partial charge in [-0.15, -0.1) is 0 Å². The maximum atomic E-state index is 13.0.